The summed E-state index contributed by atoms with van der Waals surface area (Å²) >= 11 is 0. The number of carbonyl (C=O) groups excluding carboxylic acids is 2. The smallest absolute Gasteiger partial charge is 0.416 e. The van der Waals surface area contributed by atoms with Gasteiger partial charge in [-0.1, -0.05) is 24.3 Å². The van der Waals surface area contributed by atoms with Gasteiger partial charge in [-0.05, 0) is 47.9 Å². The summed E-state index contributed by atoms with van der Waals surface area (Å²) < 4.78 is 84.7. The zero-order valence-electron chi connectivity index (χ0n) is 20.8. The Bertz CT molecular complexity index is 1670. The van der Waals surface area contributed by atoms with Crippen LogP contribution in [0, 0.1) is 0 Å². The molecule has 0 aliphatic rings. The number of amides is 2. The molecule has 0 aliphatic carbocycles. The first-order valence-corrected chi connectivity index (χ1v) is 11.4. The fourth-order valence-electron chi connectivity index (χ4n) is 3.84. The molecule has 0 radical (unpaired) electrons. The van der Waals surface area contributed by atoms with E-state index in [0.29, 0.717) is 22.9 Å². The lowest BCUT2D eigenvalue weighted by atomic mass is 10.0. The Morgan fingerprint density at radius 3 is 2.10 bits per heavy atom. The summed E-state index contributed by atoms with van der Waals surface area (Å²) in [5.74, 6) is -2.57. The second-order valence-corrected chi connectivity index (χ2v) is 8.54. The van der Waals surface area contributed by atoms with Crippen molar-refractivity contribution in [1.29, 1.82) is 0 Å². The van der Waals surface area contributed by atoms with E-state index in [0.717, 1.165) is 0 Å². The van der Waals surface area contributed by atoms with E-state index in [1.165, 1.54) is 43.5 Å². The molecule has 4 aromatic carbocycles. The van der Waals surface area contributed by atoms with E-state index in [1.807, 2.05) is 5.32 Å². The molecule has 0 atom stereocenters. The van der Waals surface area contributed by atoms with Crippen molar-refractivity contribution in [1.82, 2.24) is 0 Å². The second-order valence-electron chi connectivity index (χ2n) is 8.54. The van der Waals surface area contributed by atoms with Crippen molar-refractivity contribution in [3.8, 4) is 11.5 Å². The number of nitrogens with zero attached hydrogens (tertiary/aromatic N) is 2. The maximum Gasteiger partial charge on any atom is 0.416 e. The molecule has 4 N–H and O–H groups in total. The Balaban J connectivity index is 1.81. The molecule has 0 bridgehead atoms. The standard InChI is InChI=1S/C27H18F6N4O4/c1-41-21-7-6-14(24(34)39)9-20(21)36-37-22-18-5-3-2-4-13(18)8-19(23(22)38)25(40)35-17-11-15(26(28,29)30)10-16(12-17)27(31,32)33/h2-12,38H,1H3,(H2,34,39)(H,35,40)/b37-36-. The number of methoxy groups -OCH3 is 1. The van der Waals surface area contributed by atoms with Crippen molar-refractivity contribution < 1.29 is 45.8 Å². The van der Waals surface area contributed by atoms with Crippen molar-refractivity contribution in [3.63, 3.8) is 0 Å². The summed E-state index contributed by atoms with van der Waals surface area (Å²) in [6, 6.07) is 12.1. The third kappa shape index (κ3) is 6.21. The molecular weight excluding hydrogens is 558 g/mol. The van der Waals surface area contributed by atoms with Crippen molar-refractivity contribution >= 4 is 39.6 Å². The number of hydrogen-bond donors (Lipinski definition) is 3. The number of rotatable bonds is 6. The van der Waals surface area contributed by atoms with Crippen LogP contribution in [0.4, 0.5) is 43.4 Å². The van der Waals surface area contributed by atoms with Gasteiger partial charge in [0.05, 0.1) is 23.8 Å². The number of halogens is 6. The number of azo groups is 1. The van der Waals surface area contributed by atoms with E-state index < -0.39 is 52.3 Å². The summed E-state index contributed by atoms with van der Waals surface area (Å²) in [6.45, 7) is 0. The van der Waals surface area contributed by atoms with E-state index in [4.69, 9.17) is 10.5 Å². The number of aromatic hydroxyl groups is 1. The molecule has 0 saturated heterocycles. The SMILES string of the molecule is COc1ccc(C(N)=O)cc1/N=N\c1c(O)c(C(=O)Nc2cc(C(F)(F)F)cc(C(F)(F)F)c2)cc2ccccc12. The number of phenolic OH excluding ortho intramolecular Hbond substituents is 1. The highest BCUT2D eigenvalue weighted by Crippen LogP contribution is 2.41. The first-order chi connectivity index (χ1) is 19.2. The highest BCUT2D eigenvalue weighted by Gasteiger charge is 2.37. The number of anilines is 1. The molecule has 14 heteroatoms. The fourth-order valence-corrected chi connectivity index (χ4v) is 3.84. The van der Waals surface area contributed by atoms with Gasteiger partial charge in [-0.25, -0.2) is 0 Å². The highest BCUT2D eigenvalue weighted by molar-refractivity contribution is 6.11. The van der Waals surface area contributed by atoms with Crippen molar-refractivity contribution in [2.45, 2.75) is 12.4 Å². The number of hydrogen-bond acceptors (Lipinski definition) is 6. The van der Waals surface area contributed by atoms with Gasteiger partial charge in [-0.3, -0.25) is 9.59 Å². The number of fused-ring (bicyclic) bond motifs is 1. The van der Waals surface area contributed by atoms with Gasteiger partial charge in [-0.2, -0.15) is 26.3 Å². The monoisotopic (exact) mass is 576 g/mol. The maximum absolute atomic E-state index is 13.3. The van der Waals surface area contributed by atoms with Gasteiger partial charge in [0.2, 0.25) is 5.91 Å². The Hall–Kier alpha value is -5.14. The van der Waals surface area contributed by atoms with Crippen LogP contribution in [0.5, 0.6) is 11.5 Å². The van der Waals surface area contributed by atoms with E-state index in [2.05, 4.69) is 10.2 Å². The predicted octanol–water partition coefficient (Wildman–Crippen LogP) is 7.36. The number of alkyl halides is 6. The summed E-state index contributed by atoms with van der Waals surface area (Å²) in [7, 11) is 1.33. The van der Waals surface area contributed by atoms with Crippen molar-refractivity contribution in [3.05, 3.63) is 89.0 Å². The average Bonchev–Trinajstić information content (AvgIpc) is 2.90. The summed E-state index contributed by atoms with van der Waals surface area (Å²) in [6.07, 6.45) is -10.3. The number of phenols is 1. The van der Waals surface area contributed by atoms with Gasteiger partial charge in [0.15, 0.2) is 5.75 Å². The van der Waals surface area contributed by atoms with E-state index in [-0.39, 0.29) is 28.8 Å². The Morgan fingerprint density at radius 1 is 0.878 bits per heavy atom. The van der Waals surface area contributed by atoms with E-state index in [9.17, 15) is 41.0 Å². The maximum atomic E-state index is 13.3. The van der Waals surface area contributed by atoms with E-state index in [1.54, 1.807) is 12.1 Å². The molecule has 0 saturated carbocycles. The number of carbonyl (C=O) groups is 2. The first-order valence-electron chi connectivity index (χ1n) is 11.4. The second kappa shape index (κ2) is 10.8. The van der Waals surface area contributed by atoms with E-state index >= 15 is 0 Å². The number of ether oxygens (including phenoxy) is 1. The Labute approximate surface area is 227 Å². The molecule has 4 rings (SSSR count). The summed E-state index contributed by atoms with van der Waals surface area (Å²) in [5, 5.41) is 21.6. The fraction of sp³-hybridized carbons (Fsp3) is 0.111. The lowest BCUT2D eigenvalue weighted by Crippen LogP contribution is -2.16. The average molecular weight is 576 g/mol. The van der Waals surface area contributed by atoms with Gasteiger partial charge >= 0.3 is 12.4 Å². The molecule has 4 aromatic rings. The topological polar surface area (TPSA) is 126 Å². The number of benzene rings is 4. The minimum atomic E-state index is -5.13. The van der Waals surface area contributed by atoms with Crippen LogP contribution in [0.25, 0.3) is 10.8 Å². The zero-order valence-corrected chi connectivity index (χ0v) is 20.8. The van der Waals surface area contributed by atoms with Crippen LogP contribution >= 0.6 is 0 Å². The number of primary amides is 1. The summed E-state index contributed by atoms with van der Waals surface area (Å²) in [5.41, 5.74) is 0.573. The third-order valence-corrected chi connectivity index (χ3v) is 5.81. The van der Waals surface area contributed by atoms with Crippen LogP contribution in [-0.2, 0) is 12.4 Å². The Kier molecular flexibility index (Phi) is 7.59. The molecule has 0 unspecified atom stereocenters. The lowest BCUT2D eigenvalue weighted by Gasteiger charge is -2.15. The van der Waals surface area contributed by atoms with Crippen LogP contribution in [0.3, 0.4) is 0 Å². The minimum Gasteiger partial charge on any atom is -0.505 e. The van der Waals surface area contributed by atoms with Crippen LogP contribution in [0.2, 0.25) is 0 Å². The van der Waals surface area contributed by atoms with Gasteiger partial charge in [0.25, 0.3) is 5.91 Å². The Morgan fingerprint density at radius 2 is 1.51 bits per heavy atom. The van der Waals surface area contributed by atoms with Crippen LogP contribution in [-0.4, -0.2) is 24.0 Å². The third-order valence-electron chi connectivity index (χ3n) is 5.81. The predicted molar refractivity (Wildman–Crippen MR) is 136 cm³/mol. The normalized spacial score (nSPS) is 12.1. The van der Waals surface area contributed by atoms with Crippen LogP contribution in [0.1, 0.15) is 31.8 Å². The molecule has 8 nitrogen and oxygen atoms in total. The first kappa shape index (κ1) is 28.9. The number of nitrogens with two attached hydrogens (primary N) is 1. The molecule has 2 amide bonds. The lowest BCUT2D eigenvalue weighted by molar-refractivity contribution is -0.143. The summed E-state index contributed by atoms with van der Waals surface area (Å²) in [4.78, 5) is 24.6. The highest BCUT2D eigenvalue weighted by atomic mass is 19.4. The molecule has 0 heterocycles. The molecule has 0 fully saturated rings. The zero-order chi connectivity index (χ0) is 30.1. The van der Waals surface area contributed by atoms with Crippen LogP contribution < -0.4 is 15.8 Å². The number of nitrogens with one attached hydrogen (secondary N) is 1. The van der Waals surface area contributed by atoms with Gasteiger partial charge < -0.3 is 20.9 Å². The minimum absolute atomic E-state index is 0.0331. The van der Waals surface area contributed by atoms with Crippen LogP contribution in [0.15, 0.2) is 77.0 Å². The quantitative estimate of drug-likeness (QED) is 0.164. The molecular formula is C27H18F6N4O4. The molecule has 0 aromatic heterocycles. The van der Waals surface area contributed by atoms with Crippen molar-refractivity contribution in [2.75, 3.05) is 12.4 Å². The molecule has 0 aliphatic heterocycles. The van der Waals surface area contributed by atoms with Crippen molar-refractivity contribution in [2.24, 2.45) is 16.0 Å². The van der Waals surface area contributed by atoms with Gasteiger partial charge in [0, 0.05) is 16.6 Å². The molecule has 41 heavy (non-hydrogen) atoms. The van der Waals surface area contributed by atoms with Gasteiger partial charge in [-0.15, -0.1) is 10.2 Å². The largest absolute Gasteiger partial charge is 0.505 e. The molecule has 212 valence electrons. The van der Waals surface area contributed by atoms with Gasteiger partial charge in [0.1, 0.15) is 17.1 Å². The molecule has 0 spiro atoms.